The molecule has 0 saturated heterocycles. The van der Waals surface area contributed by atoms with E-state index in [1.807, 2.05) is 38.1 Å². The van der Waals surface area contributed by atoms with E-state index in [0.717, 1.165) is 17.1 Å². The Kier molecular flexibility index (Phi) is 4.83. The van der Waals surface area contributed by atoms with Crippen molar-refractivity contribution in [3.8, 4) is 11.4 Å². The van der Waals surface area contributed by atoms with Crippen molar-refractivity contribution in [1.29, 1.82) is 0 Å². The smallest absolute Gasteiger partial charge is 0.274 e. The van der Waals surface area contributed by atoms with Crippen LogP contribution in [0.1, 0.15) is 41.7 Å². The molecule has 1 amide bonds. The topological polar surface area (TPSA) is 82.2 Å². The van der Waals surface area contributed by atoms with Crippen LogP contribution in [0.15, 0.2) is 47.1 Å². The van der Waals surface area contributed by atoms with Gasteiger partial charge in [0.05, 0.1) is 31.3 Å². The Balaban J connectivity index is 1.87. The number of carbonyl (C=O) groups is 1. The van der Waals surface area contributed by atoms with E-state index in [2.05, 4.69) is 15.6 Å². The number of furan rings is 1. The third-order valence-corrected chi connectivity index (χ3v) is 3.79. The van der Waals surface area contributed by atoms with Crippen molar-refractivity contribution in [2.75, 3.05) is 7.11 Å². The highest BCUT2D eigenvalue weighted by atomic mass is 16.5. The van der Waals surface area contributed by atoms with Crippen LogP contribution >= 0.6 is 0 Å². The van der Waals surface area contributed by atoms with Crippen LogP contribution in [0.2, 0.25) is 0 Å². The van der Waals surface area contributed by atoms with Crippen LogP contribution < -0.4 is 10.1 Å². The van der Waals surface area contributed by atoms with Gasteiger partial charge in [0.2, 0.25) is 0 Å². The molecule has 130 valence electrons. The lowest BCUT2D eigenvalue weighted by Crippen LogP contribution is -2.24. The third kappa shape index (κ3) is 3.55. The molecule has 0 fully saturated rings. The first kappa shape index (κ1) is 16.8. The fourth-order valence-corrected chi connectivity index (χ4v) is 2.55. The van der Waals surface area contributed by atoms with E-state index < -0.39 is 0 Å². The molecule has 2 heterocycles. The quantitative estimate of drug-likeness (QED) is 0.746. The largest absolute Gasteiger partial charge is 0.497 e. The molecule has 3 aromatic rings. The molecule has 7 heteroatoms. The van der Waals surface area contributed by atoms with E-state index in [4.69, 9.17) is 9.15 Å². The molecule has 0 saturated carbocycles. The number of amides is 1. The molecule has 0 aliphatic carbocycles. The van der Waals surface area contributed by atoms with Crippen molar-refractivity contribution in [1.82, 2.24) is 20.3 Å². The number of nitrogens with one attached hydrogen (secondary N) is 1. The highest BCUT2D eigenvalue weighted by molar-refractivity contribution is 5.93. The second kappa shape index (κ2) is 7.21. The van der Waals surface area contributed by atoms with Crippen molar-refractivity contribution < 1.29 is 13.9 Å². The fraction of sp³-hybridized carbons (Fsp3) is 0.278. The molecule has 25 heavy (non-hydrogen) atoms. The summed E-state index contributed by atoms with van der Waals surface area (Å²) in [6.07, 6.45) is 1.57. The number of rotatable bonds is 6. The summed E-state index contributed by atoms with van der Waals surface area (Å²) in [6, 6.07) is 11.0. The van der Waals surface area contributed by atoms with E-state index in [0.29, 0.717) is 18.0 Å². The molecule has 2 aromatic heterocycles. The summed E-state index contributed by atoms with van der Waals surface area (Å²) < 4.78 is 12.1. The molecule has 1 aromatic carbocycles. The predicted molar refractivity (Wildman–Crippen MR) is 91.9 cm³/mol. The molecular formula is C18H20N4O3. The Bertz CT molecular complexity index is 836. The van der Waals surface area contributed by atoms with E-state index in [1.54, 1.807) is 30.2 Å². The molecule has 0 bridgehead atoms. The van der Waals surface area contributed by atoms with Gasteiger partial charge in [0.1, 0.15) is 11.5 Å². The van der Waals surface area contributed by atoms with Crippen LogP contribution in [-0.2, 0) is 6.54 Å². The third-order valence-electron chi connectivity index (χ3n) is 3.79. The van der Waals surface area contributed by atoms with Gasteiger partial charge in [0, 0.05) is 0 Å². The lowest BCUT2D eigenvalue weighted by atomic mass is 10.1. The molecule has 1 N–H and O–H groups in total. The Hall–Kier alpha value is -3.09. The van der Waals surface area contributed by atoms with Crippen LogP contribution in [0.4, 0.5) is 0 Å². The maximum absolute atomic E-state index is 12.5. The first-order valence-electron chi connectivity index (χ1n) is 8.00. The minimum absolute atomic E-state index is 0.0708. The number of nitrogens with zero attached hydrogens (tertiary/aromatic N) is 3. The van der Waals surface area contributed by atoms with E-state index in [-0.39, 0.29) is 11.8 Å². The van der Waals surface area contributed by atoms with Crippen molar-refractivity contribution >= 4 is 5.91 Å². The first-order chi connectivity index (χ1) is 12.1. The zero-order valence-corrected chi connectivity index (χ0v) is 14.4. The summed E-state index contributed by atoms with van der Waals surface area (Å²) in [7, 11) is 1.62. The first-order valence-corrected chi connectivity index (χ1v) is 8.00. The zero-order chi connectivity index (χ0) is 17.8. The number of ether oxygens (including phenoxy) is 1. The van der Waals surface area contributed by atoms with Gasteiger partial charge in [0.25, 0.3) is 5.91 Å². The number of aromatic nitrogens is 3. The minimum atomic E-state index is -0.278. The van der Waals surface area contributed by atoms with Crippen LogP contribution in [-0.4, -0.2) is 28.0 Å². The molecule has 0 unspecified atom stereocenters. The van der Waals surface area contributed by atoms with Gasteiger partial charge >= 0.3 is 0 Å². The monoisotopic (exact) mass is 340 g/mol. The van der Waals surface area contributed by atoms with Crippen LogP contribution in [0.3, 0.4) is 0 Å². The van der Waals surface area contributed by atoms with Crippen molar-refractivity contribution in [3.63, 3.8) is 0 Å². The SMILES string of the molecule is COc1ccc(-n2nnc(C(=O)NCc3ccco3)c2C(C)C)cc1. The molecule has 0 radical (unpaired) electrons. The van der Waals surface area contributed by atoms with Crippen molar-refractivity contribution in [3.05, 3.63) is 59.8 Å². The summed E-state index contributed by atoms with van der Waals surface area (Å²) in [6.45, 7) is 4.31. The number of methoxy groups -OCH3 is 1. The van der Waals surface area contributed by atoms with E-state index in [1.165, 1.54) is 0 Å². The lowest BCUT2D eigenvalue weighted by Gasteiger charge is -2.11. The molecule has 3 rings (SSSR count). The summed E-state index contributed by atoms with van der Waals surface area (Å²) >= 11 is 0. The second-order valence-electron chi connectivity index (χ2n) is 5.85. The number of benzene rings is 1. The summed E-state index contributed by atoms with van der Waals surface area (Å²) in [5.41, 5.74) is 1.89. The molecular weight excluding hydrogens is 320 g/mol. The standard InChI is InChI=1S/C18H20N4O3/c1-12(2)17-16(18(23)19-11-15-5-4-10-25-15)20-21-22(17)13-6-8-14(24-3)9-7-13/h4-10,12H,11H2,1-3H3,(H,19,23). The minimum Gasteiger partial charge on any atom is -0.497 e. The molecule has 0 aliphatic heterocycles. The average molecular weight is 340 g/mol. The van der Waals surface area contributed by atoms with Gasteiger partial charge in [-0.3, -0.25) is 4.79 Å². The van der Waals surface area contributed by atoms with Gasteiger partial charge < -0.3 is 14.5 Å². The average Bonchev–Trinajstić information content (AvgIpc) is 3.29. The second-order valence-corrected chi connectivity index (χ2v) is 5.85. The highest BCUT2D eigenvalue weighted by Crippen LogP contribution is 2.23. The number of hydrogen-bond acceptors (Lipinski definition) is 5. The van der Waals surface area contributed by atoms with Crippen LogP contribution in [0, 0.1) is 0 Å². The lowest BCUT2D eigenvalue weighted by molar-refractivity contribution is 0.0941. The maximum Gasteiger partial charge on any atom is 0.274 e. The normalized spacial score (nSPS) is 10.9. The Morgan fingerprint density at radius 2 is 2.04 bits per heavy atom. The Morgan fingerprint density at radius 1 is 1.28 bits per heavy atom. The molecule has 0 spiro atoms. The van der Waals surface area contributed by atoms with Crippen LogP contribution in [0.25, 0.3) is 5.69 Å². The summed E-state index contributed by atoms with van der Waals surface area (Å²) in [4.78, 5) is 12.5. The van der Waals surface area contributed by atoms with Gasteiger partial charge in [-0.05, 0) is 42.3 Å². The maximum atomic E-state index is 12.5. The fourth-order valence-electron chi connectivity index (χ4n) is 2.55. The van der Waals surface area contributed by atoms with E-state index >= 15 is 0 Å². The summed E-state index contributed by atoms with van der Waals surface area (Å²) in [5, 5.41) is 11.1. The molecule has 0 atom stereocenters. The van der Waals surface area contributed by atoms with Crippen molar-refractivity contribution in [2.45, 2.75) is 26.3 Å². The van der Waals surface area contributed by atoms with E-state index in [9.17, 15) is 4.79 Å². The predicted octanol–water partition coefficient (Wildman–Crippen LogP) is 2.92. The van der Waals surface area contributed by atoms with Gasteiger partial charge in [-0.15, -0.1) is 5.10 Å². The summed E-state index contributed by atoms with van der Waals surface area (Å²) in [5.74, 6) is 1.23. The molecule has 7 nitrogen and oxygen atoms in total. The number of carbonyl (C=O) groups excluding carboxylic acids is 1. The zero-order valence-electron chi connectivity index (χ0n) is 14.4. The van der Waals surface area contributed by atoms with Gasteiger partial charge in [-0.1, -0.05) is 19.1 Å². The van der Waals surface area contributed by atoms with Crippen LogP contribution in [0.5, 0.6) is 5.75 Å². The Morgan fingerprint density at radius 3 is 2.64 bits per heavy atom. The van der Waals surface area contributed by atoms with Gasteiger partial charge in [0.15, 0.2) is 5.69 Å². The Labute approximate surface area is 145 Å². The highest BCUT2D eigenvalue weighted by Gasteiger charge is 2.23. The van der Waals surface area contributed by atoms with Gasteiger partial charge in [-0.25, -0.2) is 4.68 Å². The van der Waals surface area contributed by atoms with Gasteiger partial charge in [-0.2, -0.15) is 0 Å². The molecule has 0 aliphatic rings. The van der Waals surface area contributed by atoms with Crippen molar-refractivity contribution in [2.24, 2.45) is 0 Å². The number of hydrogen-bond donors (Lipinski definition) is 1.